The molecule has 3 N–H and O–H groups in total. The third kappa shape index (κ3) is 4.55. The van der Waals surface area contributed by atoms with Crippen molar-refractivity contribution >= 4 is 5.97 Å². The summed E-state index contributed by atoms with van der Waals surface area (Å²) in [5, 5.41) is 20.9. The molecule has 0 aliphatic carbocycles. The Labute approximate surface area is 84.7 Å². The summed E-state index contributed by atoms with van der Waals surface area (Å²) < 4.78 is 0. The molecule has 0 heterocycles. The summed E-state index contributed by atoms with van der Waals surface area (Å²) in [5.41, 5.74) is -1.69. The smallest absolute Gasteiger partial charge is 0.336 e. The normalized spacial score (nSPS) is 17.9. The highest BCUT2D eigenvalue weighted by atomic mass is 16.4. The largest absolute Gasteiger partial charge is 0.479 e. The molecule has 0 rings (SSSR count). The number of carbonyl (C=O) groups is 1. The van der Waals surface area contributed by atoms with Gasteiger partial charge in [0.15, 0.2) is 5.60 Å². The summed E-state index contributed by atoms with van der Waals surface area (Å²) in [6.45, 7) is 4.00. The first kappa shape index (κ1) is 13.4. The van der Waals surface area contributed by atoms with Crippen molar-refractivity contribution in [2.45, 2.75) is 25.5 Å². The number of carboxylic acid groups (broad SMARTS) is 1. The van der Waals surface area contributed by atoms with Gasteiger partial charge in [-0.2, -0.15) is 0 Å². The number of hydrogen-bond acceptors (Lipinski definition) is 4. The third-order valence-corrected chi connectivity index (χ3v) is 2.25. The van der Waals surface area contributed by atoms with Gasteiger partial charge < -0.3 is 20.4 Å². The van der Waals surface area contributed by atoms with E-state index in [9.17, 15) is 9.90 Å². The predicted molar refractivity (Wildman–Crippen MR) is 54.3 cm³/mol. The lowest BCUT2D eigenvalue weighted by Crippen LogP contribution is -2.47. The Morgan fingerprint density at radius 1 is 1.57 bits per heavy atom. The van der Waals surface area contributed by atoms with Crippen LogP contribution >= 0.6 is 0 Å². The van der Waals surface area contributed by atoms with E-state index in [0.29, 0.717) is 12.6 Å². The number of likely N-dealkylation sites (N-methyl/N-ethyl adjacent to an activating group) is 1. The van der Waals surface area contributed by atoms with Gasteiger partial charge in [-0.15, -0.1) is 0 Å². The van der Waals surface area contributed by atoms with Gasteiger partial charge in [-0.3, -0.25) is 0 Å². The van der Waals surface area contributed by atoms with Crippen molar-refractivity contribution in [2.24, 2.45) is 0 Å². The van der Waals surface area contributed by atoms with Crippen molar-refractivity contribution in [1.29, 1.82) is 0 Å². The summed E-state index contributed by atoms with van der Waals surface area (Å²) >= 11 is 0. The van der Waals surface area contributed by atoms with Crippen LogP contribution in [0.3, 0.4) is 0 Å². The number of nitrogens with one attached hydrogen (secondary N) is 1. The van der Waals surface area contributed by atoms with Crippen LogP contribution in [0.4, 0.5) is 0 Å². The molecule has 2 atom stereocenters. The Hall–Kier alpha value is -0.650. The van der Waals surface area contributed by atoms with Gasteiger partial charge in [0.1, 0.15) is 0 Å². The number of hydrogen-bond donors (Lipinski definition) is 3. The Morgan fingerprint density at radius 2 is 2.07 bits per heavy atom. The molecule has 0 aromatic rings. The molecule has 84 valence electrons. The van der Waals surface area contributed by atoms with Crippen molar-refractivity contribution in [3.8, 4) is 0 Å². The fourth-order valence-electron chi connectivity index (χ4n) is 0.783. The molecular weight excluding hydrogens is 184 g/mol. The summed E-state index contributed by atoms with van der Waals surface area (Å²) in [6, 6.07) is 0.305. The quantitative estimate of drug-likeness (QED) is 0.537. The molecular formula is C9H20N2O3. The summed E-state index contributed by atoms with van der Waals surface area (Å²) in [4.78, 5) is 12.5. The van der Waals surface area contributed by atoms with Gasteiger partial charge in [-0.1, -0.05) is 0 Å². The van der Waals surface area contributed by atoms with Crippen LogP contribution in [0.2, 0.25) is 0 Å². The van der Waals surface area contributed by atoms with Crippen LogP contribution in [0.1, 0.15) is 13.8 Å². The molecule has 0 aliphatic rings. The molecule has 0 saturated carbocycles. The maximum absolute atomic E-state index is 10.5. The zero-order valence-corrected chi connectivity index (χ0v) is 9.24. The zero-order valence-electron chi connectivity index (χ0n) is 9.24. The molecule has 0 fully saturated rings. The SMILES string of the molecule is CC(CNCC(C)(O)C(=O)O)N(C)C. The van der Waals surface area contributed by atoms with E-state index in [0.717, 1.165) is 0 Å². The fraction of sp³-hybridized carbons (Fsp3) is 0.889. The molecule has 2 unspecified atom stereocenters. The molecule has 0 spiro atoms. The summed E-state index contributed by atoms with van der Waals surface area (Å²) in [7, 11) is 3.89. The van der Waals surface area contributed by atoms with Crippen LogP contribution in [0.15, 0.2) is 0 Å². The van der Waals surface area contributed by atoms with Crippen molar-refractivity contribution in [2.75, 3.05) is 27.2 Å². The van der Waals surface area contributed by atoms with Gasteiger partial charge in [-0.05, 0) is 27.9 Å². The van der Waals surface area contributed by atoms with Gasteiger partial charge >= 0.3 is 5.97 Å². The number of carboxylic acids is 1. The fourth-order valence-corrected chi connectivity index (χ4v) is 0.783. The topological polar surface area (TPSA) is 72.8 Å². The lowest BCUT2D eigenvalue weighted by Gasteiger charge is -2.23. The van der Waals surface area contributed by atoms with Crippen molar-refractivity contribution in [3.63, 3.8) is 0 Å². The van der Waals surface area contributed by atoms with Crippen LogP contribution < -0.4 is 5.32 Å². The molecule has 0 aromatic heterocycles. The van der Waals surface area contributed by atoms with Gasteiger partial charge in [0, 0.05) is 19.1 Å². The van der Waals surface area contributed by atoms with Crippen LogP contribution in [0, 0.1) is 0 Å². The number of aliphatic carboxylic acids is 1. The van der Waals surface area contributed by atoms with E-state index in [2.05, 4.69) is 5.32 Å². The number of nitrogens with zero attached hydrogens (tertiary/aromatic N) is 1. The maximum Gasteiger partial charge on any atom is 0.336 e. The third-order valence-electron chi connectivity index (χ3n) is 2.25. The summed E-state index contributed by atoms with van der Waals surface area (Å²) in [5.74, 6) is -1.21. The van der Waals surface area contributed by atoms with E-state index < -0.39 is 11.6 Å². The van der Waals surface area contributed by atoms with Crippen LogP contribution in [0.5, 0.6) is 0 Å². The molecule has 0 radical (unpaired) electrons. The first-order valence-electron chi connectivity index (χ1n) is 4.60. The highest BCUT2D eigenvalue weighted by molar-refractivity contribution is 5.76. The second-order valence-corrected chi connectivity index (χ2v) is 4.02. The molecule has 14 heavy (non-hydrogen) atoms. The van der Waals surface area contributed by atoms with E-state index in [1.54, 1.807) is 0 Å². The van der Waals surface area contributed by atoms with E-state index >= 15 is 0 Å². The number of aliphatic hydroxyl groups is 1. The lowest BCUT2D eigenvalue weighted by atomic mass is 10.1. The van der Waals surface area contributed by atoms with Gasteiger partial charge in [0.2, 0.25) is 0 Å². The standard InChI is InChI=1S/C9H20N2O3/c1-7(11(3)4)5-10-6-9(2,14)8(12)13/h7,10,14H,5-6H2,1-4H3,(H,12,13). The number of rotatable bonds is 6. The molecule has 0 aromatic carbocycles. The van der Waals surface area contributed by atoms with Crippen LogP contribution in [-0.4, -0.2) is 59.9 Å². The average molecular weight is 204 g/mol. The molecule has 0 bridgehead atoms. The average Bonchev–Trinajstić information content (AvgIpc) is 2.03. The Bertz CT molecular complexity index is 192. The molecule has 0 amide bonds. The predicted octanol–water partition coefficient (Wildman–Crippen LogP) is -0.638. The monoisotopic (exact) mass is 204 g/mol. The lowest BCUT2D eigenvalue weighted by molar-refractivity contribution is -0.156. The minimum atomic E-state index is -1.69. The maximum atomic E-state index is 10.5. The van der Waals surface area contributed by atoms with Crippen molar-refractivity contribution < 1.29 is 15.0 Å². The summed E-state index contributed by atoms with van der Waals surface area (Å²) in [6.07, 6.45) is 0. The van der Waals surface area contributed by atoms with Crippen LogP contribution in [-0.2, 0) is 4.79 Å². The van der Waals surface area contributed by atoms with Gasteiger partial charge in [-0.25, -0.2) is 4.79 Å². The Kier molecular flexibility index (Phi) is 5.04. The molecule has 0 saturated heterocycles. The second-order valence-electron chi connectivity index (χ2n) is 4.02. The minimum absolute atomic E-state index is 0.0561. The highest BCUT2D eigenvalue weighted by Gasteiger charge is 2.29. The van der Waals surface area contributed by atoms with Crippen molar-refractivity contribution in [1.82, 2.24) is 10.2 Å². The highest BCUT2D eigenvalue weighted by Crippen LogP contribution is 2.00. The van der Waals surface area contributed by atoms with Crippen molar-refractivity contribution in [3.05, 3.63) is 0 Å². The Morgan fingerprint density at radius 3 is 2.43 bits per heavy atom. The van der Waals surface area contributed by atoms with Crippen LogP contribution in [0.25, 0.3) is 0 Å². The van der Waals surface area contributed by atoms with E-state index in [1.165, 1.54) is 6.92 Å². The Balaban J connectivity index is 3.79. The first-order valence-corrected chi connectivity index (χ1v) is 4.60. The van der Waals surface area contributed by atoms with E-state index in [1.807, 2.05) is 25.9 Å². The van der Waals surface area contributed by atoms with E-state index in [-0.39, 0.29) is 6.54 Å². The molecule has 0 aliphatic heterocycles. The van der Waals surface area contributed by atoms with Gasteiger partial charge in [0.05, 0.1) is 0 Å². The van der Waals surface area contributed by atoms with E-state index in [4.69, 9.17) is 5.11 Å². The molecule has 5 nitrogen and oxygen atoms in total. The first-order chi connectivity index (χ1) is 6.27. The molecule has 5 heteroatoms. The second kappa shape index (κ2) is 5.29. The zero-order chi connectivity index (χ0) is 11.4. The minimum Gasteiger partial charge on any atom is -0.479 e. The van der Waals surface area contributed by atoms with Gasteiger partial charge in [0.25, 0.3) is 0 Å².